The largest absolute Gasteiger partial charge is 0.368 e. The van der Waals surface area contributed by atoms with Crippen molar-refractivity contribution in [3.05, 3.63) is 66.4 Å². The molecule has 2 N–H and O–H groups in total. The lowest BCUT2D eigenvalue weighted by Crippen LogP contribution is -2.28. The second-order valence-corrected chi connectivity index (χ2v) is 8.23. The van der Waals surface area contributed by atoms with Crippen LogP contribution in [0.25, 0.3) is 0 Å². The summed E-state index contributed by atoms with van der Waals surface area (Å²) in [4.78, 5) is 15.6. The zero-order valence-corrected chi connectivity index (χ0v) is 18.3. The molecule has 4 rings (SSSR count). The van der Waals surface area contributed by atoms with Crippen molar-refractivity contribution >= 4 is 17.5 Å². The number of nitrogens with one attached hydrogen (secondary N) is 2. The van der Waals surface area contributed by atoms with Crippen LogP contribution in [0.3, 0.4) is 0 Å². The van der Waals surface area contributed by atoms with E-state index in [1.54, 1.807) is 6.20 Å². The van der Waals surface area contributed by atoms with Crippen molar-refractivity contribution < 1.29 is 0 Å². The highest BCUT2D eigenvalue weighted by Crippen LogP contribution is 2.25. The van der Waals surface area contributed by atoms with Gasteiger partial charge in [-0.15, -0.1) is 0 Å². The summed E-state index contributed by atoms with van der Waals surface area (Å²) in [5, 5.41) is 6.90. The quantitative estimate of drug-likeness (QED) is 0.762. The van der Waals surface area contributed by atoms with Gasteiger partial charge in [-0.1, -0.05) is 32.6 Å². The first-order valence-corrected chi connectivity index (χ1v) is 10.5. The van der Waals surface area contributed by atoms with E-state index in [9.17, 15) is 0 Å². The summed E-state index contributed by atoms with van der Waals surface area (Å²) in [7, 11) is 2.05. The van der Waals surface area contributed by atoms with Gasteiger partial charge in [-0.25, -0.2) is 4.98 Å². The molecule has 0 amide bonds. The molecular formula is C23H31N7. The standard InChI is InChI=1S/C23H31N7/c1-16(2)19-6-8-20(9-7-19)29-14-21(25-15-29)17(3)26-23-24-11-10-22(27-23)30-13-12-28(5)18(30)4/h6-11,14,16-17,25H,4,12-13,15H2,1-3,5H3,(H,24,26,27). The van der Waals surface area contributed by atoms with E-state index in [4.69, 9.17) is 4.98 Å². The van der Waals surface area contributed by atoms with E-state index in [2.05, 4.69) is 88.1 Å². The lowest BCUT2D eigenvalue weighted by molar-refractivity contribution is 0.489. The zero-order valence-electron chi connectivity index (χ0n) is 18.3. The Bertz CT molecular complexity index is 935. The minimum atomic E-state index is 0.0599. The number of hydrogen-bond acceptors (Lipinski definition) is 7. The van der Waals surface area contributed by atoms with Crippen LogP contribution in [0, 0.1) is 0 Å². The Labute approximate surface area is 179 Å². The molecule has 1 aromatic carbocycles. The molecule has 3 heterocycles. The van der Waals surface area contributed by atoms with Gasteiger partial charge in [0, 0.05) is 38.2 Å². The lowest BCUT2D eigenvalue weighted by atomic mass is 10.0. The molecule has 1 aromatic heterocycles. The molecule has 0 bridgehead atoms. The number of likely N-dealkylation sites (N-methyl/N-ethyl adjacent to an activating group) is 1. The van der Waals surface area contributed by atoms with Crippen LogP contribution in [0.4, 0.5) is 17.5 Å². The van der Waals surface area contributed by atoms with Gasteiger partial charge in [0.2, 0.25) is 5.95 Å². The van der Waals surface area contributed by atoms with Crippen molar-refractivity contribution in [2.75, 3.05) is 41.9 Å². The van der Waals surface area contributed by atoms with E-state index >= 15 is 0 Å². The van der Waals surface area contributed by atoms with Crippen molar-refractivity contribution in [1.29, 1.82) is 0 Å². The van der Waals surface area contributed by atoms with Crippen LogP contribution in [0.1, 0.15) is 32.3 Å². The van der Waals surface area contributed by atoms with Gasteiger partial charge in [0.05, 0.1) is 18.4 Å². The van der Waals surface area contributed by atoms with E-state index in [0.717, 1.165) is 37.1 Å². The van der Waals surface area contributed by atoms with Crippen LogP contribution in [-0.4, -0.2) is 47.7 Å². The molecule has 1 saturated heterocycles. The highest BCUT2D eigenvalue weighted by molar-refractivity contribution is 5.54. The van der Waals surface area contributed by atoms with Crippen molar-refractivity contribution in [2.45, 2.75) is 32.7 Å². The summed E-state index contributed by atoms with van der Waals surface area (Å²) < 4.78 is 0. The summed E-state index contributed by atoms with van der Waals surface area (Å²) in [6.07, 6.45) is 3.95. The van der Waals surface area contributed by atoms with Gasteiger partial charge in [-0.3, -0.25) is 0 Å². The first kappa shape index (κ1) is 20.1. The van der Waals surface area contributed by atoms with Gasteiger partial charge in [0.15, 0.2) is 0 Å². The summed E-state index contributed by atoms with van der Waals surface area (Å²) in [6, 6.07) is 10.8. The molecule has 2 aliphatic rings. The van der Waals surface area contributed by atoms with Crippen LogP contribution in [0.2, 0.25) is 0 Å². The predicted molar refractivity (Wildman–Crippen MR) is 123 cm³/mol. The van der Waals surface area contributed by atoms with Gasteiger partial charge in [0.1, 0.15) is 11.6 Å². The van der Waals surface area contributed by atoms with Crippen molar-refractivity contribution in [3.8, 4) is 0 Å². The fourth-order valence-electron chi connectivity index (χ4n) is 3.72. The van der Waals surface area contributed by atoms with Crippen molar-refractivity contribution in [3.63, 3.8) is 0 Å². The molecule has 7 nitrogen and oxygen atoms in total. The highest BCUT2D eigenvalue weighted by Gasteiger charge is 2.23. The lowest BCUT2D eigenvalue weighted by Gasteiger charge is -2.21. The maximum absolute atomic E-state index is 4.70. The highest BCUT2D eigenvalue weighted by atomic mass is 15.4. The number of anilines is 3. The second-order valence-electron chi connectivity index (χ2n) is 8.23. The van der Waals surface area contributed by atoms with E-state index < -0.39 is 0 Å². The van der Waals surface area contributed by atoms with E-state index in [1.165, 1.54) is 11.3 Å². The zero-order chi connectivity index (χ0) is 21.3. The van der Waals surface area contributed by atoms with Crippen LogP contribution in [0.15, 0.2) is 60.8 Å². The second kappa shape index (κ2) is 8.26. The Hall–Kier alpha value is -3.22. The molecule has 158 valence electrons. The fraction of sp³-hybridized carbons (Fsp3) is 0.391. The average Bonchev–Trinajstić information content (AvgIpc) is 3.36. The Kier molecular flexibility index (Phi) is 5.53. The number of benzene rings is 1. The van der Waals surface area contributed by atoms with E-state index in [0.29, 0.717) is 11.9 Å². The van der Waals surface area contributed by atoms with Gasteiger partial charge >= 0.3 is 0 Å². The Morgan fingerprint density at radius 2 is 1.87 bits per heavy atom. The monoisotopic (exact) mass is 405 g/mol. The Balaban J connectivity index is 1.43. The average molecular weight is 406 g/mol. The molecule has 2 aromatic rings. The molecule has 30 heavy (non-hydrogen) atoms. The molecule has 0 spiro atoms. The minimum absolute atomic E-state index is 0.0599. The molecule has 0 radical (unpaired) electrons. The van der Waals surface area contributed by atoms with E-state index in [-0.39, 0.29) is 6.04 Å². The molecule has 7 heteroatoms. The van der Waals surface area contributed by atoms with Crippen LogP contribution in [-0.2, 0) is 0 Å². The summed E-state index contributed by atoms with van der Waals surface area (Å²) >= 11 is 0. The molecule has 2 aliphatic heterocycles. The SMILES string of the molecule is C=C1N(C)CCN1c1ccnc(NC(C)C2=CN(c3ccc(C(C)C)cc3)CN2)n1. The predicted octanol–water partition coefficient (Wildman–Crippen LogP) is 3.53. The third-order valence-electron chi connectivity index (χ3n) is 5.78. The van der Waals surface area contributed by atoms with Gasteiger partial charge < -0.3 is 25.3 Å². The maximum Gasteiger partial charge on any atom is 0.225 e. The molecule has 0 aliphatic carbocycles. The third-order valence-corrected chi connectivity index (χ3v) is 5.78. The van der Waals surface area contributed by atoms with Crippen LogP contribution >= 0.6 is 0 Å². The van der Waals surface area contributed by atoms with Crippen molar-refractivity contribution in [1.82, 2.24) is 20.2 Å². The van der Waals surface area contributed by atoms with Crippen molar-refractivity contribution in [2.24, 2.45) is 0 Å². The summed E-state index contributed by atoms with van der Waals surface area (Å²) in [6.45, 7) is 13.3. The minimum Gasteiger partial charge on any atom is -0.368 e. The third kappa shape index (κ3) is 4.06. The van der Waals surface area contributed by atoms with Gasteiger partial charge in [-0.2, -0.15) is 4.98 Å². The molecule has 1 fully saturated rings. The number of aromatic nitrogens is 2. The Morgan fingerprint density at radius 3 is 2.53 bits per heavy atom. The summed E-state index contributed by atoms with van der Waals surface area (Å²) in [5.41, 5.74) is 3.65. The fourth-order valence-corrected chi connectivity index (χ4v) is 3.72. The van der Waals surface area contributed by atoms with E-state index in [1.807, 2.05) is 13.1 Å². The first-order chi connectivity index (χ1) is 14.4. The van der Waals surface area contributed by atoms with Gasteiger partial charge in [-0.05, 0) is 36.6 Å². The topological polar surface area (TPSA) is 59.6 Å². The Morgan fingerprint density at radius 1 is 1.10 bits per heavy atom. The van der Waals surface area contributed by atoms with Crippen LogP contribution < -0.4 is 20.4 Å². The number of hydrogen-bond donors (Lipinski definition) is 2. The summed E-state index contributed by atoms with van der Waals surface area (Å²) in [5.74, 6) is 2.99. The normalized spacial score (nSPS) is 17.4. The van der Waals surface area contributed by atoms with Crippen LogP contribution in [0.5, 0.6) is 0 Å². The molecular weight excluding hydrogens is 374 g/mol. The number of nitrogens with zero attached hydrogens (tertiary/aromatic N) is 5. The number of rotatable bonds is 6. The molecule has 1 unspecified atom stereocenters. The smallest absolute Gasteiger partial charge is 0.225 e. The van der Waals surface area contributed by atoms with Gasteiger partial charge in [0.25, 0.3) is 0 Å². The molecule has 0 saturated carbocycles. The first-order valence-electron chi connectivity index (χ1n) is 10.5. The maximum atomic E-state index is 4.70. The molecule has 1 atom stereocenters.